The standard InChI is InChI=1S/C15H14ClN3O/c16-12-6-4-5-11(9-12)14-18-13(10-17)15(20-14)19-7-2-1-3-8-19/h4-6,9H,1-3,7-8H2. The molecule has 1 aliphatic rings. The minimum atomic E-state index is 0.349. The highest BCUT2D eigenvalue weighted by Crippen LogP contribution is 2.30. The van der Waals surface area contributed by atoms with Crippen molar-refractivity contribution in [3.8, 4) is 17.5 Å². The van der Waals surface area contributed by atoms with Crippen LogP contribution in [0.2, 0.25) is 5.02 Å². The van der Waals surface area contributed by atoms with E-state index in [-0.39, 0.29) is 0 Å². The average molecular weight is 288 g/mol. The third-order valence-corrected chi connectivity index (χ3v) is 3.67. The first-order valence-electron chi connectivity index (χ1n) is 6.70. The third kappa shape index (κ3) is 2.50. The topological polar surface area (TPSA) is 53.1 Å². The van der Waals surface area contributed by atoms with E-state index in [1.165, 1.54) is 6.42 Å². The van der Waals surface area contributed by atoms with E-state index >= 15 is 0 Å². The lowest BCUT2D eigenvalue weighted by Crippen LogP contribution is -2.29. The van der Waals surface area contributed by atoms with E-state index in [0.29, 0.717) is 22.5 Å². The van der Waals surface area contributed by atoms with Gasteiger partial charge in [0.2, 0.25) is 17.5 Å². The second-order valence-corrected chi connectivity index (χ2v) is 5.28. The van der Waals surface area contributed by atoms with Gasteiger partial charge in [0.05, 0.1) is 0 Å². The van der Waals surface area contributed by atoms with Gasteiger partial charge >= 0.3 is 0 Å². The molecule has 2 heterocycles. The van der Waals surface area contributed by atoms with Crippen molar-refractivity contribution >= 4 is 17.5 Å². The molecule has 2 aromatic rings. The van der Waals surface area contributed by atoms with Gasteiger partial charge in [0.25, 0.3) is 0 Å². The summed E-state index contributed by atoms with van der Waals surface area (Å²) < 4.78 is 5.82. The fourth-order valence-electron chi connectivity index (χ4n) is 2.44. The fourth-order valence-corrected chi connectivity index (χ4v) is 2.63. The minimum Gasteiger partial charge on any atom is -0.419 e. The molecule has 1 aliphatic heterocycles. The first-order chi connectivity index (χ1) is 9.78. The van der Waals surface area contributed by atoms with Crippen LogP contribution in [0.25, 0.3) is 11.5 Å². The van der Waals surface area contributed by atoms with E-state index in [4.69, 9.17) is 16.0 Å². The first kappa shape index (κ1) is 13.0. The van der Waals surface area contributed by atoms with Crippen LogP contribution in [0.4, 0.5) is 5.88 Å². The summed E-state index contributed by atoms with van der Waals surface area (Å²) in [5, 5.41) is 9.86. The molecular formula is C15H14ClN3O. The van der Waals surface area contributed by atoms with Crippen LogP contribution in [0.1, 0.15) is 25.0 Å². The lowest BCUT2D eigenvalue weighted by atomic mass is 10.1. The summed E-state index contributed by atoms with van der Waals surface area (Å²) >= 11 is 5.98. The number of hydrogen-bond donors (Lipinski definition) is 0. The molecule has 1 saturated heterocycles. The van der Waals surface area contributed by atoms with Crippen molar-refractivity contribution in [2.75, 3.05) is 18.0 Å². The maximum Gasteiger partial charge on any atom is 0.235 e. The molecule has 1 aromatic heterocycles. The van der Waals surface area contributed by atoms with Crippen LogP contribution in [-0.4, -0.2) is 18.1 Å². The van der Waals surface area contributed by atoms with Gasteiger partial charge in [-0.3, -0.25) is 0 Å². The summed E-state index contributed by atoms with van der Waals surface area (Å²) in [5.74, 6) is 1.03. The Kier molecular flexibility index (Phi) is 3.62. The van der Waals surface area contributed by atoms with Crippen LogP contribution in [-0.2, 0) is 0 Å². The Morgan fingerprint density at radius 3 is 2.75 bits per heavy atom. The van der Waals surface area contributed by atoms with Gasteiger partial charge in [-0.05, 0) is 37.5 Å². The summed E-state index contributed by atoms with van der Waals surface area (Å²) in [7, 11) is 0. The number of oxazole rings is 1. The van der Waals surface area contributed by atoms with E-state index in [0.717, 1.165) is 31.5 Å². The predicted octanol–water partition coefficient (Wildman–Crippen LogP) is 3.86. The van der Waals surface area contributed by atoms with Crippen LogP contribution in [0, 0.1) is 11.3 Å². The van der Waals surface area contributed by atoms with Gasteiger partial charge in [0.15, 0.2) is 0 Å². The Balaban J connectivity index is 1.98. The van der Waals surface area contributed by atoms with Gasteiger partial charge in [-0.2, -0.15) is 10.2 Å². The molecule has 1 aromatic carbocycles. The zero-order chi connectivity index (χ0) is 13.9. The van der Waals surface area contributed by atoms with Crippen LogP contribution in [0.15, 0.2) is 28.7 Å². The maximum absolute atomic E-state index is 9.24. The lowest BCUT2D eigenvalue weighted by molar-refractivity contribution is 0.504. The molecule has 0 N–H and O–H groups in total. The maximum atomic E-state index is 9.24. The number of anilines is 1. The summed E-state index contributed by atoms with van der Waals surface area (Å²) in [4.78, 5) is 6.39. The molecule has 0 aliphatic carbocycles. The first-order valence-corrected chi connectivity index (χ1v) is 7.07. The zero-order valence-electron chi connectivity index (χ0n) is 11.0. The van der Waals surface area contributed by atoms with Gasteiger partial charge in [-0.15, -0.1) is 0 Å². The Labute approximate surface area is 122 Å². The molecule has 0 unspecified atom stereocenters. The molecule has 0 saturated carbocycles. The molecule has 4 nitrogen and oxygen atoms in total. The minimum absolute atomic E-state index is 0.349. The number of hydrogen-bond acceptors (Lipinski definition) is 4. The van der Waals surface area contributed by atoms with Crippen LogP contribution >= 0.6 is 11.6 Å². The van der Waals surface area contributed by atoms with Crippen molar-refractivity contribution < 1.29 is 4.42 Å². The molecule has 1 fully saturated rings. The van der Waals surface area contributed by atoms with Crippen molar-refractivity contribution in [3.05, 3.63) is 35.0 Å². The van der Waals surface area contributed by atoms with E-state index in [1.54, 1.807) is 12.1 Å². The average Bonchev–Trinajstić information content (AvgIpc) is 2.92. The number of halogens is 1. The van der Waals surface area contributed by atoms with Crippen LogP contribution in [0.5, 0.6) is 0 Å². The van der Waals surface area contributed by atoms with Crippen LogP contribution in [0.3, 0.4) is 0 Å². The van der Waals surface area contributed by atoms with Crippen LogP contribution < -0.4 is 4.90 Å². The molecule has 0 radical (unpaired) electrons. The fraction of sp³-hybridized carbons (Fsp3) is 0.333. The molecule has 0 amide bonds. The zero-order valence-corrected chi connectivity index (χ0v) is 11.7. The van der Waals surface area contributed by atoms with Gasteiger partial charge in [-0.25, -0.2) is 0 Å². The third-order valence-electron chi connectivity index (χ3n) is 3.43. The van der Waals surface area contributed by atoms with E-state index in [2.05, 4.69) is 16.0 Å². The highest BCUT2D eigenvalue weighted by atomic mass is 35.5. The van der Waals surface area contributed by atoms with E-state index < -0.39 is 0 Å². The van der Waals surface area contributed by atoms with E-state index in [9.17, 15) is 5.26 Å². The Morgan fingerprint density at radius 1 is 1.25 bits per heavy atom. The van der Waals surface area contributed by atoms with Gasteiger partial charge < -0.3 is 9.32 Å². The number of nitriles is 1. The number of benzene rings is 1. The molecule has 0 atom stereocenters. The van der Waals surface area contributed by atoms with Crippen molar-refractivity contribution in [2.24, 2.45) is 0 Å². The molecular weight excluding hydrogens is 274 g/mol. The van der Waals surface area contributed by atoms with Gasteiger partial charge in [-0.1, -0.05) is 17.7 Å². The Hall–Kier alpha value is -1.99. The monoisotopic (exact) mass is 287 g/mol. The largest absolute Gasteiger partial charge is 0.419 e. The SMILES string of the molecule is N#Cc1nc(-c2cccc(Cl)c2)oc1N1CCCCC1. The summed E-state index contributed by atoms with van der Waals surface area (Å²) in [5.41, 5.74) is 1.14. The Bertz CT molecular complexity index is 653. The summed E-state index contributed by atoms with van der Waals surface area (Å²) in [6, 6.07) is 9.42. The van der Waals surface area contributed by atoms with Crippen molar-refractivity contribution in [2.45, 2.75) is 19.3 Å². The van der Waals surface area contributed by atoms with Crippen molar-refractivity contribution in [3.63, 3.8) is 0 Å². The second kappa shape index (κ2) is 5.56. The number of nitrogens with zero attached hydrogens (tertiary/aromatic N) is 3. The molecule has 20 heavy (non-hydrogen) atoms. The molecule has 5 heteroatoms. The van der Waals surface area contributed by atoms with Crippen molar-refractivity contribution in [1.82, 2.24) is 4.98 Å². The van der Waals surface area contributed by atoms with E-state index in [1.807, 2.05) is 12.1 Å². The van der Waals surface area contributed by atoms with Gasteiger partial charge in [0.1, 0.15) is 6.07 Å². The smallest absolute Gasteiger partial charge is 0.235 e. The predicted molar refractivity (Wildman–Crippen MR) is 77.7 cm³/mol. The van der Waals surface area contributed by atoms with Gasteiger partial charge in [0, 0.05) is 23.7 Å². The number of aromatic nitrogens is 1. The number of rotatable bonds is 2. The second-order valence-electron chi connectivity index (χ2n) is 4.84. The molecule has 0 bridgehead atoms. The molecule has 102 valence electrons. The highest BCUT2D eigenvalue weighted by Gasteiger charge is 2.21. The van der Waals surface area contributed by atoms with Crippen molar-refractivity contribution in [1.29, 1.82) is 5.26 Å². The normalized spacial score (nSPS) is 15.1. The molecule has 3 rings (SSSR count). The Morgan fingerprint density at radius 2 is 2.05 bits per heavy atom. The summed E-state index contributed by atoms with van der Waals surface area (Å²) in [6.45, 7) is 1.83. The molecule has 0 spiro atoms. The highest BCUT2D eigenvalue weighted by molar-refractivity contribution is 6.30. The lowest BCUT2D eigenvalue weighted by Gasteiger charge is -2.25. The quantitative estimate of drug-likeness (QED) is 0.841. The summed E-state index contributed by atoms with van der Waals surface area (Å²) in [6.07, 6.45) is 3.48. The number of piperidine rings is 1.